The van der Waals surface area contributed by atoms with Gasteiger partial charge in [-0.1, -0.05) is 55.6 Å². The number of aliphatic imine (C=N–C) groups is 2. The number of carbonyl (C=O) groups excluding carboxylic acids is 1. The van der Waals surface area contributed by atoms with Crippen LogP contribution in [0.4, 0.5) is 0 Å². The molecule has 0 atom stereocenters. The second-order valence-electron chi connectivity index (χ2n) is 6.90. The van der Waals surface area contributed by atoms with Crippen LogP contribution in [0.3, 0.4) is 0 Å². The number of hydrogen-bond acceptors (Lipinski definition) is 5. The normalized spacial score (nSPS) is 11.8. The smallest absolute Gasteiger partial charge is 0.286 e. The standard InChI is InChI=1S/C23H28N6OS/c1-15(2)28-22(26)23(30)27-12-18-5-4-6-20(11-18)19-9-7-17(8-10-19)13-31-14-21(25)29-16(3)24/h4-11H,1,3,12-14,24H2,2H3,(H2,25,29)(H2,26,28)(H,27,30). The first-order valence-electron chi connectivity index (χ1n) is 9.56. The Bertz CT molecular complexity index is 1010. The quantitative estimate of drug-likeness (QED) is 0.354. The van der Waals surface area contributed by atoms with Crippen molar-refractivity contribution in [2.24, 2.45) is 27.2 Å². The fourth-order valence-electron chi connectivity index (χ4n) is 2.67. The van der Waals surface area contributed by atoms with Gasteiger partial charge in [0, 0.05) is 18.0 Å². The number of hydrogen-bond donors (Lipinski definition) is 4. The van der Waals surface area contributed by atoms with Crippen LogP contribution in [0.2, 0.25) is 0 Å². The Hall–Kier alpha value is -3.52. The minimum absolute atomic E-state index is 0.0990. The summed E-state index contributed by atoms with van der Waals surface area (Å²) in [6.07, 6.45) is 0. The zero-order chi connectivity index (χ0) is 22.8. The van der Waals surface area contributed by atoms with Crippen molar-refractivity contribution in [1.82, 2.24) is 5.32 Å². The van der Waals surface area contributed by atoms with E-state index in [1.807, 2.05) is 24.3 Å². The zero-order valence-corrected chi connectivity index (χ0v) is 18.4. The predicted octanol–water partition coefficient (Wildman–Crippen LogP) is 2.88. The number of nitrogens with two attached hydrogens (primary N) is 3. The lowest BCUT2D eigenvalue weighted by atomic mass is 10.0. The van der Waals surface area contributed by atoms with E-state index in [4.69, 9.17) is 17.2 Å². The first-order valence-corrected chi connectivity index (χ1v) is 10.7. The van der Waals surface area contributed by atoms with Crippen molar-refractivity contribution in [3.63, 3.8) is 0 Å². The molecule has 0 spiro atoms. The maximum absolute atomic E-state index is 12.0. The van der Waals surface area contributed by atoms with Crippen LogP contribution in [0.25, 0.3) is 11.1 Å². The molecule has 0 aliphatic rings. The van der Waals surface area contributed by atoms with E-state index in [1.54, 1.807) is 18.7 Å². The van der Waals surface area contributed by atoms with Crippen molar-refractivity contribution in [2.75, 3.05) is 5.75 Å². The molecule has 0 bridgehead atoms. The fraction of sp³-hybridized carbons (Fsp3) is 0.174. The molecule has 1 amide bonds. The third-order valence-corrected chi connectivity index (χ3v) is 5.05. The monoisotopic (exact) mass is 436 g/mol. The molecule has 2 aromatic rings. The summed E-state index contributed by atoms with van der Waals surface area (Å²) < 4.78 is 0. The van der Waals surface area contributed by atoms with Crippen LogP contribution < -0.4 is 22.5 Å². The van der Waals surface area contributed by atoms with Gasteiger partial charge in [-0.05, 0) is 35.2 Å². The van der Waals surface area contributed by atoms with Gasteiger partial charge in [0.1, 0.15) is 11.7 Å². The molecule has 0 heterocycles. The molecule has 2 aromatic carbocycles. The van der Waals surface area contributed by atoms with E-state index in [0.29, 0.717) is 23.8 Å². The lowest BCUT2D eigenvalue weighted by Crippen LogP contribution is -2.35. The highest BCUT2D eigenvalue weighted by Crippen LogP contribution is 2.22. The molecule has 0 fully saturated rings. The average molecular weight is 437 g/mol. The van der Waals surface area contributed by atoms with Crippen molar-refractivity contribution >= 4 is 29.3 Å². The van der Waals surface area contributed by atoms with Crippen LogP contribution in [0.1, 0.15) is 18.1 Å². The summed E-state index contributed by atoms with van der Waals surface area (Å²) in [6.45, 7) is 9.15. The molecule has 0 saturated carbocycles. The van der Waals surface area contributed by atoms with E-state index >= 15 is 0 Å². The molecule has 7 N–H and O–H groups in total. The van der Waals surface area contributed by atoms with Gasteiger partial charge in [-0.15, -0.1) is 11.8 Å². The molecule has 2 rings (SSSR count). The minimum atomic E-state index is -0.420. The minimum Gasteiger partial charge on any atom is -0.386 e. The number of amidine groups is 2. The van der Waals surface area contributed by atoms with Crippen molar-refractivity contribution in [1.29, 1.82) is 0 Å². The van der Waals surface area contributed by atoms with E-state index in [-0.39, 0.29) is 11.7 Å². The number of nitrogens with one attached hydrogen (secondary N) is 1. The Morgan fingerprint density at radius 1 is 1.00 bits per heavy atom. The van der Waals surface area contributed by atoms with Crippen LogP contribution in [0.15, 0.2) is 83.2 Å². The zero-order valence-electron chi connectivity index (χ0n) is 17.6. The number of rotatable bonds is 9. The summed E-state index contributed by atoms with van der Waals surface area (Å²) in [5.74, 6) is 1.56. The molecule has 0 radical (unpaired) electrons. The highest BCUT2D eigenvalue weighted by atomic mass is 32.2. The molecule has 7 nitrogen and oxygen atoms in total. The lowest BCUT2D eigenvalue weighted by Gasteiger charge is -2.09. The predicted molar refractivity (Wildman–Crippen MR) is 131 cm³/mol. The van der Waals surface area contributed by atoms with Gasteiger partial charge in [0.05, 0.1) is 5.75 Å². The van der Waals surface area contributed by atoms with Gasteiger partial charge in [0.25, 0.3) is 5.91 Å². The molecule has 0 saturated heterocycles. The molecule has 162 valence electrons. The molecule has 0 aliphatic carbocycles. The summed E-state index contributed by atoms with van der Waals surface area (Å²) in [5.41, 5.74) is 21.6. The van der Waals surface area contributed by atoms with Crippen molar-refractivity contribution in [3.05, 3.63) is 84.3 Å². The second kappa shape index (κ2) is 11.6. The highest BCUT2D eigenvalue weighted by Gasteiger charge is 2.07. The molecular formula is C23H28N6OS. The summed E-state index contributed by atoms with van der Waals surface area (Å²) in [6, 6.07) is 16.3. The molecule has 8 heteroatoms. The van der Waals surface area contributed by atoms with Crippen molar-refractivity contribution in [2.45, 2.75) is 19.2 Å². The molecule has 0 aromatic heterocycles. The van der Waals surface area contributed by atoms with Gasteiger partial charge < -0.3 is 22.5 Å². The maximum Gasteiger partial charge on any atom is 0.286 e. The fourth-order valence-corrected chi connectivity index (χ4v) is 3.48. The Morgan fingerprint density at radius 3 is 2.35 bits per heavy atom. The van der Waals surface area contributed by atoms with Gasteiger partial charge in [0.2, 0.25) is 0 Å². The number of benzene rings is 2. The number of amides is 1. The molecule has 31 heavy (non-hydrogen) atoms. The Kier molecular flexibility index (Phi) is 8.90. The first-order chi connectivity index (χ1) is 14.7. The maximum atomic E-state index is 12.0. The summed E-state index contributed by atoms with van der Waals surface area (Å²) in [4.78, 5) is 19.8. The Balaban J connectivity index is 1.96. The van der Waals surface area contributed by atoms with E-state index < -0.39 is 5.91 Å². The van der Waals surface area contributed by atoms with E-state index in [0.717, 1.165) is 22.4 Å². The number of nitrogens with zero attached hydrogens (tertiary/aromatic N) is 2. The molecular weight excluding hydrogens is 408 g/mol. The Morgan fingerprint density at radius 2 is 1.71 bits per heavy atom. The molecule has 0 aliphatic heterocycles. The summed E-state index contributed by atoms with van der Waals surface area (Å²) in [7, 11) is 0. The van der Waals surface area contributed by atoms with Crippen molar-refractivity contribution < 1.29 is 4.79 Å². The summed E-state index contributed by atoms with van der Waals surface area (Å²) >= 11 is 1.66. The van der Waals surface area contributed by atoms with E-state index in [1.165, 1.54) is 5.56 Å². The topological polar surface area (TPSA) is 132 Å². The number of allylic oxidation sites excluding steroid dienone is 1. The largest absolute Gasteiger partial charge is 0.386 e. The van der Waals surface area contributed by atoms with Gasteiger partial charge in [0.15, 0.2) is 5.84 Å². The van der Waals surface area contributed by atoms with Crippen LogP contribution in [-0.2, 0) is 17.1 Å². The Labute approximate surface area is 187 Å². The van der Waals surface area contributed by atoms with Crippen LogP contribution in [0, 0.1) is 0 Å². The third-order valence-electron chi connectivity index (χ3n) is 4.02. The van der Waals surface area contributed by atoms with Gasteiger partial charge >= 0.3 is 0 Å². The van der Waals surface area contributed by atoms with Gasteiger partial charge in [-0.2, -0.15) is 0 Å². The van der Waals surface area contributed by atoms with E-state index in [9.17, 15) is 4.79 Å². The number of carbonyl (C=O) groups is 1. The van der Waals surface area contributed by atoms with Gasteiger partial charge in [-0.3, -0.25) is 4.79 Å². The second-order valence-corrected chi connectivity index (χ2v) is 7.89. The SMILES string of the molecule is C=C(C)N=C(N)C(=O)NCc1cccc(-c2ccc(CSC/C(N)=N/C(=C)N)cc2)c1. The third kappa shape index (κ3) is 8.39. The summed E-state index contributed by atoms with van der Waals surface area (Å²) in [5, 5.41) is 2.76. The van der Waals surface area contributed by atoms with Gasteiger partial charge in [-0.25, -0.2) is 9.98 Å². The van der Waals surface area contributed by atoms with E-state index in [2.05, 4.69) is 52.7 Å². The van der Waals surface area contributed by atoms with Crippen LogP contribution >= 0.6 is 11.8 Å². The first kappa shape index (κ1) is 23.8. The molecule has 0 unspecified atom stereocenters. The lowest BCUT2D eigenvalue weighted by molar-refractivity contribution is -0.115. The average Bonchev–Trinajstić information content (AvgIpc) is 2.71. The highest BCUT2D eigenvalue weighted by molar-refractivity contribution is 7.99. The van der Waals surface area contributed by atoms with Crippen LogP contribution in [0.5, 0.6) is 0 Å². The van der Waals surface area contributed by atoms with Crippen LogP contribution in [-0.4, -0.2) is 23.3 Å². The number of thioether (sulfide) groups is 1. The van der Waals surface area contributed by atoms with Crippen molar-refractivity contribution in [3.8, 4) is 11.1 Å².